The van der Waals surface area contributed by atoms with Crippen LogP contribution < -0.4 is 11.1 Å². The Morgan fingerprint density at radius 3 is 2.66 bits per heavy atom. The van der Waals surface area contributed by atoms with Crippen LogP contribution in [0, 0.1) is 11.7 Å². The maximum atomic E-state index is 13.6. The molecule has 0 radical (unpaired) electrons. The highest BCUT2D eigenvalue weighted by Crippen LogP contribution is 2.31. The predicted molar refractivity (Wildman–Crippen MR) is 94.6 cm³/mol. The first-order valence-corrected chi connectivity index (χ1v) is 8.49. The Labute approximate surface area is 161 Å². The van der Waals surface area contributed by atoms with Crippen molar-refractivity contribution in [1.82, 2.24) is 30.5 Å². The third kappa shape index (κ3) is 3.88. The molecule has 1 amide bonds. The first-order valence-electron chi connectivity index (χ1n) is 8.49. The van der Waals surface area contributed by atoms with Gasteiger partial charge in [0.2, 0.25) is 5.91 Å². The molecule has 0 saturated heterocycles. The Hall–Kier alpha value is -3.15. The topological polar surface area (TPSA) is 122 Å². The largest absolute Gasteiger partial charge is 0.401 e. The van der Waals surface area contributed by atoms with Crippen LogP contribution in [0.25, 0.3) is 22.4 Å². The molecule has 0 unspecified atom stereocenters. The van der Waals surface area contributed by atoms with Crippen LogP contribution in [0.2, 0.25) is 0 Å². The number of rotatable bonds is 6. The number of alkyl halides is 3. The molecular formula is C17H17F4N7O. The SMILES string of the molecule is CC(C)[C@@](NCC(F)(F)F)(C(N)=O)c1cnnc(-c2c[nH]c3ncc(F)cc23)n1. The Balaban J connectivity index is 2.13. The van der Waals surface area contributed by atoms with Crippen molar-refractivity contribution in [2.24, 2.45) is 11.7 Å². The lowest BCUT2D eigenvalue weighted by Crippen LogP contribution is -2.58. The Bertz CT molecular complexity index is 1050. The first kappa shape index (κ1) is 20.6. The highest BCUT2D eigenvalue weighted by atomic mass is 19.4. The number of amides is 1. The molecule has 3 aromatic heterocycles. The summed E-state index contributed by atoms with van der Waals surface area (Å²) in [5, 5.41) is 10.2. The van der Waals surface area contributed by atoms with E-state index in [0.717, 1.165) is 12.4 Å². The van der Waals surface area contributed by atoms with Crippen LogP contribution in [0.1, 0.15) is 19.5 Å². The van der Waals surface area contributed by atoms with Crippen molar-refractivity contribution in [2.45, 2.75) is 25.6 Å². The summed E-state index contributed by atoms with van der Waals surface area (Å²) < 4.78 is 52.1. The smallest absolute Gasteiger partial charge is 0.368 e. The molecule has 4 N–H and O–H groups in total. The van der Waals surface area contributed by atoms with Gasteiger partial charge in [0.15, 0.2) is 5.82 Å². The second-order valence-corrected chi connectivity index (χ2v) is 6.71. The molecule has 0 bridgehead atoms. The van der Waals surface area contributed by atoms with Crippen LogP contribution >= 0.6 is 0 Å². The van der Waals surface area contributed by atoms with E-state index in [-0.39, 0.29) is 11.5 Å². The zero-order valence-corrected chi connectivity index (χ0v) is 15.4. The van der Waals surface area contributed by atoms with E-state index in [1.54, 1.807) is 0 Å². The van der Waals surface area contributed by atoms with Crippen LogP contribution in [0.5, 0.6) is 0 Å². The maximum absolute atomic E-state index is 13.6. The summed E-state index contributed by atoms with van der Waals surface area (Å²) in [6, 6.07) is 1.20. The van der Waals surface area contributed by atoms with Gasteiger partial charge in [0.25, 0.3) is 0 Å². The van der Waals surface area contributed by atoms with Crippen molar-refractivity contribution in [3.8, 4) is 11.4 Å². The van der Waals surface area contributed by atoms with Gasteiger partial charge < -0.3 is 10.7 Å². The van der Waals surface area contributed by atoms with Crippen LogP contribution in [0.15, 0.2) is 24.7 Å². The number of aromatic nitrogens is 5. The van der Waals surface area contributed by atoms with Crippen molar-refractivity contribution >= 4 is 16.9 Å². The number of nitrogens with two attached hydrogens (primary N) is 1. The van der Waals surface area contributed by atoms with E-state index in [1.807, 2.05) is 0 Å². The van der Waals surface area contributed by atoms with Gasteiger partial charge in [-0.15, -0.1) is 5.10 Å². The summed E-state index contributed by atoms with van der Waals surface area (Å²) in [4.78, 5) is 23.2. The van der Waals surface area contributed by atoms with E-state index in [1.165, 1.54) is 26.1 Å². The maximum Gasteiger partial charge on any atom is 0.401 e. The van der Waals surface area contributed by atoms with Crippen LogP contribution in [-0.4, -0.2) is 43.8 Å². The van der Waals surface area contributed by atoms with Crippen LogP contribution in [0.4, 0.5) is 17.6 Å². The molecule has 1 atom stereocenters. The fourth-order valence-corrected chi connectivity index (χ4v) is 3.10. The van der Waals surface area contributed by atoms with Crippen LogP contribution in [-0.2, 0) is 10.3 Å². The predicted octanol–water partition coefficient (Wildman–Crippen LogP) is 2.04. The molecule has 0 saturated carbocycles. The summed E-state index contributed by atoms with van der Waals surface area (Å²) >= 11 is 0. The molecule has 0 aliphatic carbocycles. The molecule has 0 aliphatic rings. The van der Waals surface area contributed by atoms with E-state index in [2.05, 4.69) is 30.5 Å². The molecule has 8 nitrogen and oxygen atoms in total. The summed E-state index contributed by atoms with van der Waals surface area (Å²) in [7, 11) is 0. The van der Waals surface area contributed by atoms with Crippen molar-refractivity contribution in [2.75, 3.05) is 6.54 Å². The van der Waals surface area contributed by atoms with Crippen molar-refractivity contribution in [3.63, 3.8) is 0 Å². The van der Waals surface area contributed by atoms with Gasteiger partial charge in [0.1, 0.15) is 17.0 Å². The number of carbonyl (C=O) groups excluding carboxylic acids is 1. The summed E-state index contributed by atoms with van der Waals surface area (Å²) in [5.74, 6) is -2.37. The van der Waals surface area contributed by atoms with Crippen molar-refractivity contribution in [1.29, 1.82) is 0 Å². The Morgan fingerprint density at radius 1 is 1.31 bits per heavy atom. The molecule has 0 aliphatic heterocycles. The van der Waals surface area contributed by atoms with E-state index < -0.39 is 35.9 Å². The van der Waals surface area contributed by atoms with Gasteiger partial charge in [-0.05, 0) is 12.0 Å². The zero-order chi connectivity index (χ0) is 21.4. The monoisotopic (exact) mass is 411 g/mol. The lowest BCUT2D eigenvalue weighted by Gasteiger charge is -2.35. The number of aromatic amines is 1. The molecule has 3 aromatic rings. The van der Waals surface area contributed by atoms with Crippen molar-refractivity contribution < 1.29 is 22.4 Å². The molecule has 29 heavy (non-hydrogen) atoms. The number of H-pyrrole nitrogens is 1. The van der Waals surface area contributed by atoms with Gasteiger partial charge in [-0.3, -0.25) is 10.1 Å². The number of hydrogen-bond acceptors (Lipinski definition) is 6. The number of primary amides is 1. The normalized spacial score (nSPS) is 14.3. The molecule has 3 heterocycles. The Morgan fingerprint density at radius 2 is 2.03 bits per heavy atom. The standard InChI is InChI=1S/C17H17F4N7O/c1-8(2)17(15(22)29,25-7-16(19,20)21)12-6-26-28-14(27-12)11-5-24-13-10(11)3-9(18)4-23-13/h3-6,8,25H,7H2,1-2H3,(H2,22,29)(H,23,24)/t17-/m0/s1. The van der Waals surface area contributed by atoms with Gasteiger partial charge in [-0.25, -0.2) is 14.4 Å². The van der Waals surface area contributed by atoms with Gasteiger partial charge in [0.05, 0.1) is 24.6 Å². The third-order valence-electron chi connectivity index (χ3n) is 4.52. The van der Waals surface area contributed by atoms with E-state index >= 15 is 0 Å². The number of nitrogens with zero attached hydrogens (tertiary/aromatic N) is 4. The minimum absolute atomic E-state index is 0.0266. The number of hydrogen-bond donors (Lipinski definition) is 3. The minimum atomic E-state index is -4.58. The van der Waals surface area contributed by atoms with Gasteiger partial charge >= 0.3 is 6.18 Å². The summed E-state index contributed by atoms with van der Waals surface area (Å²) in [6.45, 7) is 1.59. The summed E-state index contributed by atoms with van der Waals surface area (Å²) in [6.07, 6.45) is -1.03. The van der Waals surface area contributed by atoms with Crippen LogP contribution in [0.3, 0.4) is 0 Å². The molecule has 0 spiro atoms. The number of pyridine rings is 1. The third-order valence-corrected chi connectivity index (χ3v) is 4.52. The van der Waals surface area contributed by atoms with E-state index in [9.17, 15) is 22.4 Å². The average molecular weight is 411 g/mol. The van der Waals surface area contributed by atoms with E-state index in [4.69, 9.17) is 5.73 Å². The number of halogens is 4. The number of fused-ring (bicyclic) bond motifs is 1. The van der Waals surface area contributed by atoms with Gasteiger partial charge in [0, 0.05) is 17.1 Å². The summed E-state index contributed by atoms with van der Waals surface area (Å²) in [5.41, 5.74) is 4.09. The molecule has 0 aromatic carbocycles. The number of nitrogens with one attached hydrogen (secondary N) is 2. The lowest BCUT2D eigenvalue weighted by molar-refractivity contribution is -0.139. The molecule has 12 heteroatoms. The lowest BCUT2D eigenvalue weighted by atomic mass is 9.82. The molecule has 154 valence electrons. The fraction of sp³-hybridized carbons (Fsp3) is 0.353. The second-order valence-electron chi connectivity index (χ2n) is 6.71. The molecular weight excluding hydrogens is 394 g/mol. The first-order chi connectivity index (χ1) is 13.5. The Kier molecular flexibility index (Phi) is 5.22. The highest BCUT2D eigenvalue weighted by molar-refractivity contribution is 5.91. The fourth-order valence-electron chi connectivity index (χ4n) is 3.10. The highest BCUT2D eigenvalue weighted by Gasteiger charge is 2.46. The second kappa shape index (κ2) is 7.35. The molecule has 3 rings (SSSR count). The van der Waals surface area contributed by atoms with Gasteiger partial charge in [-0.2, -0.15) is 18.3 Å². The van der Waals surface area contributed by atoms with E-state index in [0.29, 0.717) is 16.6 Å². The molecule has 0 fully saturated rings. The minimum Gasteiger partial charge on any atom is -0.368 e. The number of carbonyl (C=O) groups is 1. The van der Waals surface area contributed by atoms with Gasteiger partial charge in [-0.1, -0.05) is 13.8 Å². The zero-order valence-electron chi connectivity index (χ0n) is 15.4. The average Bonchev–Trinajstić information content (AvgIpc) is 3.04. The van der Waals surface area contributed by atoms with Crippen molar-refractivity contribution in [3.05, 3.63) is 36.2 Å². The quantitative estimate of drug-likeness (QED) is 0.534.